The van der Waals surface area contributed by atoms with Gasteiger partial charge in [-0.25, -0.2) is 14.8 Å². The third kappa shape index (κ3) is 2.78. The molecule has 4 rings (SSSR count). The molecule has 4 aromatic rings. The quantitative estimate of drug-likeness (QED) is 0.526. The Morgan fingerprint density at radius 2 is 1.86 bits per heavy atom. The second-order valence-electron chi connectivity index (χ2n) is 4.62. The van der Waals surface area contributed by atoms with Gasteiger partial charge in [0.05, 0.1) is 22.9 Å². The molecule has 108 valence electrons. The molecular weight excluding hydrogens is 278 g/mol. The van der Waals surface area contributed by atoms with E-state index in [4.69, 9.17) is 5.11 Å². The van der Waals surface area contributed by atoms with Crippen LogP contribution in [0.4, 0.5) is 0 Å². The Bertz CT molecular complexity index is 900. The van der Waals surface area contributed by atoms with Crippen molar-refractivity contribution in [2.24, 2.45) is 0 Å². The molecule has 2 N–H and O–H groups in total. The van der Waals surface area contributed by atoms with Gasteiger partial charge in [-0.05, 0) is 18.2 Å². The number of carboxylic acids is 1. The van der Waals surface area contributed by atoms with Crippen molar-refractivity contribution in [3.8, 4) is 0 Å². The first-order valence-corrected chi connectivity index (χ1v) is 6.70. The smallest absolute Gasteiger partial charge is 0.337 e. The van der Waals surface area contributed by atoms with E-state index < -0.39 is 5.97 Å². The third-order valence-electron chi connectivity index (χ3n) is 3.18. The lowest BCUT2D eigenvalue weighted by molar-refractivity contribution is 0.0699. The second kappa shape index (κ2) is 6.05. The van der Waals surface area contributed by atoms with Crippen molar-refractivity contribution in [3.05, 3.63) is 72.8 Å². The van der Waals surface area contributed by atoms with Crippen molar-refractivity contribution in [2.45, 2.75) is 0 Å². The number of hydrogen-bond donors (Lipinski definition) is 2. The summed E-state index contributed by atoms with van der Waals surface area (Å²) in [6, 6.07) is 14.8. The molecule has 2 aromatic heterocycles. The van der Waals surface area contributed by atoms with E-state index in [0.717, 1.165) is 16.3 Å². The van der Waals surface area contributed by atoms with Gasteiger partial charge < -0.3 is 10.1 Å². The van der Waals surface area contributed by atoms with Gasteiger partial charge in [0.25, 0.3) is 0 Å². The van der Waals surface area contributed by atoms with Gasteiger partial charge in [0, 0.05) is 23.2 Å². The molecule has 0 amide bonds. The number of benzene rings is 2. The van der Waals surface area contributed by atoms with E-state index in [9.17, 15) is 4.79 Å². The minimum Gasteiger partial charge on any atom is -0.478 e. The molecule has 0 fully saturated rings. The van der Waals surface area contributed by atoms with Crippen molar-refractivity contribution in [1.29, 1.82) is 0 Å². The maximum Gasteiger partial charge on any atom is 0.337 e. The minimum absolute atomic E-state index is 0.244. The van der Waals surface area contributed by atoms with Crippen molar-refractivity contribution in [1.82, 2.24) is 15.0 Å². The highest BCUT2D eigenvalue weighted by molar-refractivity contribution is 6.04. The highest BCUT2D eigenvalue weighted by Gasteiger charge is 2.09. The number of nitrogens with zero attached hydrogens (tertiary/aromatic N) is 2. The zero-order valence-electron chi connectivity index (χ0n) is 11.6. The summed E-state index contributed by atoms with van der Waals surface area (Å²) in [5, 5.41) is 11.0. The summed E-state index contributed by atoms with van der Waals surface area (Å²) >= 11 is 0. The fourth-order valence-corrected chi connectivity index (χ4v) is 2.19. The molecule has 22 heavy (non-hydrogen) atoms. The number of aromatic amines is 1. The number of carbonyl (C=O) groups is 1. The van der Waals surface area contributed by atoms with Crippen LogP contribution in [0.25, 0.3) is 21.8 Å². The van der Waals surface area contributed by atoms with E-state index >= 15 is 0 Å². The van der Waals surface area contributed by atoms with Crippen LogP contribution < -0.4 is 0 Å². The summed E-state index contributed by atoms with van der Waals surface area (Å²) in [5.41, 5.74) is 1.60. The lowest BCUT2D eigenvalue weighted by Crippen LogP contribution is -1.98. The number of fused-ring (bicyclic) bond motifs is 2. The van der Waals surface area contributed by atoms with E-state index in [-0.39, 0.29) is 5.56 Å². The molecule has 2 aromatic carbocycles. The van der Waals surface area contributed by atoms with Crippen LogP contribution in [0.1, 0.15) is 10.4 Å². The number of H-pyrrole nitrogens is 1. The molecule has 0 unspecified atom stereocenters. The Hall–Kier alpha value is -3.21. The van der Waals surface area contributed by atoms with Crippen LogP contribution >= 0.6 is 0 Å². The van der Waals surface area contributed by atoms with Gasteiger partial charge >= 0.3 is 5.97 Å². The predicted octanol–water partition coefficient (Wildman–Crippen LogP) is 3.50. The van der Waals surface area contributed by atoms with Crippen LogP contribution in [0.2, 0.25) is 0 Å². The Morgan fingerprint density at radius 3 is 2.55 bits per heavy atom. The lowest BCUT2D eigenvalue weighted by atomic mass is 10.1. The zero-order valence-corrected chi connectivity index (χ0v) is 11.6. The topological polar surface area (TPSA) is 78.9 Å². The fraction of sp³-hybridized carbons (Fsp3) is 0. The average Bonchev–Trinajstić information content (AvgIpc) is 3.12. The van der Waals surface area contributed by atoms with Gasteiger partial charge in [-0.15, -0.1) is 0 Å². The van der Waals surface area contributed by atoms with E-state index in [0.29, 0.717) is 5.52 Å². The number of aromatic nitrogens is 3. The standard InChI is InChI=1S/C14H9NO2.C3H4N2/c16-14(17)11-6-3-5-10-8-9-4-1-2-7-12(9)15-13(10)11;1-2-5-3-4-1/h1-8H,(H,16,17);1-3H,(H,4,5). The molecule has 0 spiro atoms. The van der Waals surface area contributed by atoms with E-state index in [2.05, 4.69) is 15.0 Å². The van der Waals surface area contributed by atoms with Gasteiger partial charge in [-0.3, -0.25) is 0 Å². The Balaban J connectivity index is 0.000000246. The van der Waals surface area contributed by atoms with Gasteiger partial charge in [0.1, 0.15) is 0 Å². The number of imidazole rings is 1. The van der Waals surface area contributed by atoms with Crippen molar-refractivity contribution >= 4 is 27.8 Å². The van der Waals surface area contributed by atoms with Crippen LogP contribution in [-0.2, 0) is 0 Å². The zero-order chi connectivity index (χ0) is 15.4. The Labute approximate surface area is 126 Å². The average molecular weight is 291 g/mol. The molecule has 0 saturated heterocycles. The summed E-state index contributed by atoms with van der Waals surface area (Å²) in [5.74, 6) is -0.946. The highest BCUT2D eigenvalue weighted by Crippen LogP contribution is 2.22. The molecule has 5 nitrogen and oxygen atoms in total. The van der Waals surface area contributed by atoms with Gasteiger partial charge in [0.2, 0.25) is 0 Å². The van der Waals surface area contributed by atoms with Gasteiger partial charge in [-0.1, -0.05) is 30.3 Å². The number of pyridine rings is 1. The van der Waals surface area contributed by atoms with Gasteiger partial charge in [0.15, 0.2) is 0 Å². The van der Waals surface area contributed by atoms with Crippen molar-refractivity contribution in [3.63, 3.8) is 0 Å². The number of carboxylic acid groups (broad SMARTS) is 1. The summed E-state index contributed by atoms with van der Waals surface area (Å²) < 4.78 is 0. The van der Waals surface area contributed by atoms with Crippen LogP contribution in [0.3, 0.4) is 0 Å². The molecule has 5 heteroatoms. The molecule has 0 bridgehead atoms. The molecule has 0 saturated carbocycles. The fourth-order valence-electron chi connectivity index (χ4n) is 2.19. The van der Waals surface area contributed by atoms with Crippen LogP contribution in [0.15, 0.2) is 67.3 Å². The monoisotopic (exact) mass is 291 g/mol. The molecule has 0 aliphatic rings. The summed E-state index contributed by atoms with van der Waals surface area (Å²) in [7, 11) is 0. The largest absolute Gasteiger partial charge is 0.478 e. The predicted molar refractivity (Wildman–Crippen MR) is 84.8 cm³/mol. The van der Waals surface area contributed by atoms with Crippen molar-refractivity contribution in [2.75, 3.05) is 0 Å². The van der Waals surface area contributed by atoms with E-state index in [1.54, 1.807) is 30.9 Å². The second-order valence-corrected chi connectivity index (χ2v) is 4.62. The maximum atomic E-state index is 11.1. The molecule has 0 radical (unpaired) electrons. The van der Waals surface area contributed by atoms with Gasteiger partial charge in [-0.2, -0.15) is 0 Å². The van der Waals surface area contributed by atoms with Crippen molar-refractivity contribution < 1.29 is 9.90 Å². The number of nitrogens with one attached hydrogen (secondary N) is 1. The number of rotatable bonds is 1. The van der Waals surface area contributed by atoms with E-state index in [1.807, 2.05) is 36.4 Å². The summed E-state index contributed by atoms with van der Waals surface area (Å²) in [6.07, 6.45) is 5.08. The molecule has 0 aliphatic heterocycles. The van der Waals surface area contributed by atoms with Crippen LogP contribution in [0, 0.1) is 0 Å². The third-order valence-corrected chi connectivity index (χ3v) is 3.18. The first-order valence-electron chi connectivity index (χ1n) is 6.70. The number of aromatic carboxylic acids is 1. The Morgan fingerprint density at radius 1 is 1.05 bits per heavy atom. The molecule has 2 heterocycles. The van der Waals surface area contributed by atoms with Crippen LogP contribution in [0.5, 0.6) is 0 Å². The molecule has 0 atom stereocenters. The number of hydrogen-bond acceptors (Lipinski definition) is 3. The lowest BCUT2D eigenvalue weighted by Gasteiger charge is -2.03. The Kier molecular flexibility index (Phi) is 3.78. The first kappa shape index (κ1) is 13.8. The van der Waals surface area contributed by atoms with E-state index in [1.165, 1.54) is 0 Å². The SMILES string of the molecule is O=C(O)c1cccc2cc3ccccc3nc12.c1c[nH]cn1. The highest BCUT2D eigenvalue weighted by atomic mass is 16.4. The minimum atomic E-state index is -0.946. The normalized spacial score (nSPS) is 10.2. The summed E-state index contributed by atoms with van der Waals surface area (Å²) in [6.45, 7) is 0. The van der Waals surface area contributed by atoms with Crippen LogP contribution in [-0.4, -0.2) is 26.0 Å². The maximum absolute atomic E-state index is 11.1. The summed E-state index contributed by atoms with van der Waals surface area (Å²) in [4.78, 5) is 21.9. The first-order chi connectivity index (χ1) is 10.8. The molecular formula is C17H13N3O2. The molecule has 0 aliphatic carbocycles. The number of para-hydroxylation sites is 2.